The molecule has 111 heavy (non-hydrogen) atoms. The van der Waals surface area contributed by atoms with Gasteiger partial charge in [0.05, 0.1) is 39.6 Å². The third kappa shape index (κ3) is 20.2. The average molecular weight is 1720 g/mol. The zero-order valence-corrected chi connectivity index (χ0v) is 69.1. The fourth-order valence-electron chi connectivity index (χ4n) is 16.4. The molecule has 14 bridgehead atoms. The zero-order chi connectivity index (χ0) is 79.7. The molecule has 0 spiro atoms. The molecule has 22 aliphatic heterocycles. The van der Waals surface area contributed by atoms with Gasteiger partial charge in [-0.3, -0.25) is 0 Å². The van der Waals surface area contributed by atoms with E-state index in [1.54, 1.807) is 12.1 Å². The van der Waals surface area contributed by atoms with E-state index < -0.39 is 242 Å². The van der Waals surface area contributed by atoms with Gasteiger partial charge in [-0.1, -0.05) is 0 Å². The van der Waals surface area contributed by atoms with Crippen molar-refractivity contribution in [2.75, 3.05) is 195 Å². The van der Waals surface area contributed by atoms with E-state index in [1.807, 2.05) is 6.07 Å². The minimum atomic E-state index is -3.04. The van der Waals surface area contributed by atoms with Crippen molar-refractivity contribution in [2.45, 2.75) is 228 Å². The summed E-state index contributed by atoms with van der Waals surface area (Å²) in [7, 11) is 30.0. The van der Waals surface area contributed by atoms with Gasteiger partial charge in [0.15, 0.2) is 31.5 Å². The molecule has 21 fully saturated rings. The summed E-state index contributed by atoms with van der Waals surface area (Å²) in [6, 6.07) is 5.33. The number of rotatable bonds is 32. The molecule has 21 saturated heterocycles. The van der Waals surface area contributed by atoms with Gasteiger partial charge in [0.1, 0.15) is 146 Å². The van der Waals surface area contributed by atoms with Crippen LogP contribution in [0.5, 0.6) is 0 Å². The molecule has 1 aromatic carbocycles. The fraction of sp³-hybridized carbons (Fsp3) is 0.903. The standard InChI is InChI=1S/C72H119IO38/c1-76-27-37-44-51(83-8)59(90-15)67(98-37)106-46-39(29-78-3)100-69(61(92-17)53(46)85-10)108-48-41(31-80-5)102-71(63(94-19)55(48)87-12)110-50-43(33-82-7)103-72(64(95-20)57(50)96-25-21-22-34-23-24-36-35(26-34)65(74)111-73(36)75)109-49-42(32-81-6)101-70(62(93-18)56(49)88-13)107-47-40(30-79-4)99-68(60(91-16)54(47)86-11)105-45-38(28-77-2)97-66(104-44)58(89-14)52(45)84-9/h23-24,26,37-64,66-72,75H,21-22,25,27-33H2,1-20H3/t37-,38-,39-,40-,41-,42-,43-,44-,45-,46-,47-,48-,49-,50-,51+,52+,53+,54+,55+,56+,57+,58-,59-,60-,61-,62-,63-,64-,66-,67-,68-,69-,70-,71-,72-/m1/s1. The van der Waals surface area contributed by atoms with Gasteiger partial charge in [0, 0.05) is 135 Å². The van der Waals surface area contributed by atoms with E-state index in [0.717, 1.165) is 5.56 Å². The first-order valence-electron chi connectivity index (χ1n) is 36.8. The molecular weight excluding hydrogens is 1600 g/mol. The second-order valence-electron chi connectivity index (χ2n) is 27.6. The Morgan fingerprint density at radius 1 is 0.297 bits per heavy atom. The van der Waals surface area contributed by atoms with Crippen molar-refractivity contribution in [1.82, 2.24) is 0 Å². The van der Waals surface area contributed by atoms with Crippen LogP contribution in [0.2, 0.25) is 0 Å². The normalized spacial score (nSPS) is 42.8. The molecule has 0 saturated carbocycles. The molecule has 22 heterocycles. The fourth-order valence-corrected chi connectivity index (χ4v) is 18.7. The minimum Gasteiger partial charge on any atom is -0.382 e. The van der Waals surface area contributed by atoms with Gasteiger partial charge < -0.3 is 142 Å². The monoisotopic (exact) mass is 1720 g/mol. The Balaban J connectivity index is 1.07. The first-order chi connectivity index (χ1) is 54.0. The van der Waals surface area contributed by atoms with Crippen LogP contribution >= 0.6 is 20.6 Å². The number of carbonyl (C=O) groups excluding carboxylic acids is 1. The summed E-state index contributed by atoms with van der Waals surface area (Å²) in [5.41, 5.74) is 1.15. The number of benzene rings is 1. The molecule has 642 valence electrons. The van der Waals surface area contributed by atoms with E-state index in [-0.39, 0.29) is 52.9 Å². The van der Waals surface area contributed by atoms with Crippen molar-refractivity contribution < 1.29 is 177 Å². The summed E-state index contributed by atoms with van der Waals surface area (Å²) in [4.78, 5) is 12.8. The van der Waals surface area contributed by atoms with Crippen LogP contribution in [-0.4, -0.2) is 419 Å². The molecule has 0 amide bonds. The second-order valence-corrected chi connectivity index (χ2v) is 30.6. The quantitative estimate of drug-likeness (QED) is 0.0742. The van der Waals surface area contributed by atoms with E-state index in [2.05, 4.69) is 0 Å². The van der Waals surface area contributed by atoms with Gasteiger partial charge >= 0.3 is 165 Å². The molecule has 35 atom stereocenters. The van der Waals surface area contributed by atoms with Crippen molar-refractivity contribution in [3.05, 3.63) is 32.9 Å². The Bertz CT molecular complexity index is 2850. The molecule has 38 nitrogen and oxygen atoms in total. The van der Waals surface area contributed by atoms with Crippen LogP contribution in [0.1, 0.15) is 22.3 Å². The van der Waals surface area contributed by atoms with Gasteiger partial charge in [-0.25, -0.2) is 0 Å². The SMILES string of the molecule is COC[C@H]1O[C@@H]2O[C@H]3[C@H](OC)[C@@H](OC)[C@@H](O[C@H]4[C@H](OC)[C@@H](OC)[C@@H](O[C@H]5[C@H](OC)[C@@H](OC)[C@@H](O[C@H]6[C@H](OCCCc7ccc8c(c7)C(=O)OI8O)[C@@H](OC)[C@@H](O[C@H]7[C@H](OC)[C@@H](OC)[C@@H](O[C@H]8[C@H](OC)[C@@H](OC)[C@@H](O[C@H]1[C@H](OC)[C@H]2OC)O[C@@H]8COC)O[C@@H]7COC)O[C@@H]6COC)O[C@@H]5COC)O[C@@H]4COC)O[C@@H]3COC. The molecule has 22 aliphatic rings. The Kier molecular flexibility index (Phi) is 36.5. The van der Waals surface area contributed by atoms with Crippen molar-refractivity contribution in [1.29, 1.82) is 0 Å². The molecule has 0 aliphatic carbocycles. The number of halogens is 1. The maximum absolute atomic E-state index is 12.8. The summed E-state index contributed by atoms with van der Waals surface area (Å²) in [6.07, 6.45) is -37.0. The number of fused-ring (bicyclic) bond motifs is 1. The van der Waals surface area contributed by atoms with E-state index >= 15 is 0 Å². The van der Waals surface area contributed by atoms with Crippen LogP contribution in [0.3, 0.4) is 0 Å². The molecule has 23 rings (SSSR count). The first kappa shape index (κ1) is 91.3. The van der Waals surface area contributed by atoms with E-state index in [1.165, 1.54) is 142 Å². The van der Waals surface area contributed by atoms with Crippen molar-refractivity contribution in [3.63, 3.8) is 0 Å². The Labute approximate surface area is 656 Å². The number of methoxy groups -OCH3 is 20. The summed E-state index contributed by atoms with van der Waals surface area (Å²) >= 11 is -3.04. The predicted octanol–water partition coefficient (Wildman–Crippen LogP) is 0.177. The maximum atomic E-state index is 12.8. The van der Waals surface area contributed by atoms with Gasteiger partial charge in [-0.2, -0.15) is 0 Å². The number of aryl methyl sites for hydroxylation is 1. The van der Waals surface area contributed by atoms with Crippen molar-refractivity contribution in [3.8, 4) is 0 Å². The van der Waals surface area contributed by atoms with Gasteiger partial charge in [0.2, 0.25) is 0 Å². The molecule has 39 heteroatoms. The average Bonchev–Trinajstić information content (AvgIpc) is 1.36. The van der Waals surface area contributed by atoms with E-state index in [0.29, 0.717) is 22.0 Å². The molecule has 0 aromatic heterocycles. The van der Waals surface area contributed by atoms with Crippen LogP contribution in [0.15, 0.2) is 18.2 Å². The van der Waals surface area contributed by atoms with Crippen LogP contribution < -0.4 is 0 Å². The number of ether oxygens (including phenoxy) is 35. The molecular formula is C72H119IO38. The Hall–Kier alpha value is -2.02. The molecule has 0 radical (unpaired) electrons. The topological polar surface area (TPSA) is 370 Å². The number of hydrogen-bond acceptors (Lipinski definition) is 38. The zero-order valence-electron chi connectivity index (χ0n) is 66.9. The first-order valence-corrected chi connectivity index (χ1v) is 39.8. The summed E-state index contributed by atoms with van der Waals surface area (Å²) < 4.78 is 246. The van der Waals surface area contributed by atoms with Crippen molar-refractivity contribution in [2.24, 2.45) is 0 Å². The molecule has 0 unspecified atom stereocenters. The van der Waals surface area contributed by atoms with Gasteiger partial charge in [0.25, 0.3) is 0 Å². The van der Waals surface area contributed by atoms with Crippen LogP contribution in [0, 0.1) is 3.57 Å². The summed E-state index contributed by atoms with van der Waals surface area (Å²) in [5.74, 6) is -0.558. The Morgan fingerprint density at radius 2 is 0.514 bits per heavy atom. The van der Waals surface area contributed by atoms with Gasteiger partial charge in [-0.05, 0) is 0 Å². The molecule has 1 N–H and O–H groups in total. The van der Waals surface area contributed by atoms with E-state index in [9.17, 15) is 8.23 Å². The third-order valence-electron chi connectivity index (χ3n) is 21.5. The number of carbonyl (C=O) groups is 1. The van der Waals surface area contributed by atoms with Gasteiger partial charge in [-0.15, -0.1) is 0 Å². The van der Waals surface area contributed by atoms with Crippen molar-refractivity contribution >= 4 is 26.6 Å². The summed E-state index contributed by atoms with van der Waals surface area (Å²) in [5, 5.41) is 0. The van der Waals surface area contributed by atoms with Crippen LogP contribution in [-0.2, 0) is 175 Å². The minimum absolute atomic E-state index is 0.0567. The molecule has 1 aromatic rings. The Morgan fingerprint density at radius 3 is 0.730 bits per heavy atom. The van der Waals surface area contributed by atoms with Crippen LogP contribution in [0.25, 0.3) is 0 Å². The smallest absolute Gasteiger partial charge is 0.382 e. The predicted molar refractivity (Wildman–Crippen MR) is 383 cm³/mol. The third-order valence-corrected chi connectivity index (χ3v) is 24.3. The van der Waals surface area contributed by atoms with Crippen LogP contribution in [0.4, 0.5) is 0 Å². The second kappa shape index (κ2) is 44.3. The number of hydrogen-bond donors (Lipinski definition) is 1. The summed E-state index contributed by atoms with van der Waals surface area (Å²) in [6.45, 7) is -0.439. The van der Waals surface area contributed by atoms with E-state index in [4.69, 9.17) is 169 Å².